The molecule has 0 radical (unpaired) electrons. The van der Waals surface area contributed by atoms with Crippen LogP contribution in [0.5, 0.6) is 0 Å². The van der Waals surface area contributed by atoms with Crippen molar-refractivity contribution in [3.63, 3.8) is 0 Å². The van der Waals surface area contributed by atoms with Gasteiger partial charge in [-0.05, 0) is 17.9 Å². The van der Waals surface area contributed by atoms with Crippen LogP contribution >= 0.6 is 22.7 Å². The highest BCUT2D eigenvalue weighted by atomic mass is 32.1. The number of hydrogen-bond acceptors (Lipinski definition) is 5. The number of aliphatic hydroxyl groups excluding tert-OH is 1. The summed E-state index contributed by atoms with van der Waals surface area (Å²) < 4.78 is 0. The molecule has 0 unspecified atom stereocenters. The lowest BCUT2D eigenvalue weighted by atomic mass is 9.91. The fraction of sp³-hybridized carbons (Fsp3) is 0.533. The smallest absolute Gasteiger partial charge is 0.185 e. The molecule has 2 heterocycles. The zero-order valence-electron chi connectivity index (χ0n) is 12.5. The van der Waals surface area contributed by atoms with Crippen molar-refractivity contribution >= 4 is 27.8 Å². The molecule has 0 saturated carbocycles. The van der Waals surface area contributed by atoms with E-state index in [9.17, 15) is 5.11 Å². The molecule has 0 aliphatic carbocycles. The molecule has 20 heavy (non-hydrogen) atoms. The van der Waals surface area contributed by atoms with Gasteiger partial charge in [-0.1, -0.05) is 38.2 Å². The van der Waals surface area contributed by atoms with Crippen LogP contribution in [-0.2, 0) is 18.4 Å². The first-order valence-corrected chi connectivity index (χ1v) is 8.46. The summed E-state index contributed by atoms with van der Waals surface area (Å²) in [5, 5.41) is 12.6. The third-order valence-electron chi connectivity index (χ3n) is 3.14. The maximum absolute atomic E-state index is 9.51. The zero-order valence-corrected chi connectivity index (χ0v) is 14.1. The van der Waals surface area contributed by atoms with Gasteiger partial charge in [-0.2, -0.15) is 0 Å². The molecular weight excluding hydrogens is 288 g/mol. The largest absolute Gasteiger partial charge is 0.391 e. The predicted octanol–water partition coefficient (Wildman–Crippen LogP) is 3.67. The lowest BCUT2D eigenvalue weighted by Crippen LogP contribution is -2.20. The average molecular weight is 310 g/mol. The van der Waals surface area contributed by atoms with E-state index in [1.165, 1.54) is 4.88 Å². The molecule has 0 fully saturated rings. The number of aliphatic hydroxyl groups is 1. The van der Waals surface area contributed by atoms with E-state index >= 15 is 0 Å². The maximum atomic E-state index is 9.51. The van der Waals surface area contributed by atoms with Gasteiger partial charge in [-0.25, -0.2) is 4.98 Å². The Morgan fingerprint density at radius 2 is 2.10 bits per heavy atom. The Morgan fingerprint density at radius 3 is 2.60 bits per heavy atom. The van der Waals surface area contributed by atoms with Crippen molar-refractivity contribution in [3.05, 3.63) is 33.0 Å². The van der Waals surface area contributed by atoms with Crippen LogP contribution in [0.15, 0.2) is 17.5 Å². The molecule has 0 atom stereocenters. The van der Waals surface area contributed by atoms with E-state index in [0.29, 0.717) is 0 Å². The van der Waals surface area contributed by atoms with Crippen molar-refractivity contribution in [2.75, 3.05) is 18.5 Å². The minimum absolute atomic E-state index is 0.0264. The Morgan fingerprint density at radius 1 is 1.35 bits per heavy atom. The molecule has 2 rings (SSSR count). The van der Waals surface area contributed by atoms with Crippen molar-refractivity contribution in [1.29, 1.82) is 0 Å². The predicted molar refractivity (Wildman–Crippen MR) is 88.0 cm³/mol. The molecule has 0 spiro atoms. The van der Waals surface area contributed by atoms with Crippen molar-refractivity contribution in [2.45, 2.75) is 39.2 Å². The minimum Gasteiger partial charge on any atom is -0.391 e. The van der Waals surface area contributed by atoms with Gasteiger partial charge in [-0.3, -0.25) is 0 Å². The molecule has 5 heteroatoms. The van der Waals surface area contributed by atoms with Crippen LogP contribution < -0.4 is 4.90 Å². The SMILES string of the molecule is CN(CCc1cccs1)c1nc(C(C)(C)C)c(CO)s1. The Kier molecular flexibility index (Phi) is 4.83. The summed E-state index contributed by atoms with van der Waals surface area (Å²) in [5.74, 6) is 0. The number of thiazole rings is 1. The summed E-state index contributed by atoms with van der Waals surface area (Å²) in [5.41, 5.74) is 0.990. The third-order valence-corrected chi connectivity index (χ3v) is 5.23. The fourth-order valence-electron chi connectivity index (χ4n) is 2.02. The van der Waals surface area contributed by atoms with Crippen molar-refractivity contribution in [1.82, 2.24) is 4.98 Å². The first-order valence-electron chi connectivity index (χ1n) is 6.76. The highest BCUT2D eigenvalue weighted by Crippen LogP contribution is 2.33. The second-order valence-electron chi connectivity index (χ2n) is 5.93. The number of aromatic nitrogens is 1. The standard InChI is InChI=1S/C15H22N2OS2/c1-15(2,3)13-12(10-18)20-14(16-13)17(4)8-7-11-6-5-9-19-11/h5-6,9,18H,7-8,10H2,1-4H3. The van der Waals surface area contributed by atoms with Gasteiger partial charge in [0.25, 0.3) is 0 Å². The van der Waals surface area contributed by atoms with Crippen LogP contribution in [0, 0.1) is 0 Å². The summed E-state index contributed by atoms with van der Waals surface area (Å²) >= 11 is 3.39. The van der Waals surface area contributed by atoms with Crippen LogP contribution in [-0.4, -0.2) is 23.7 Å². The number of thiophene rings is 1. The van der Waals surface area contributed by atoms with Gasteiger partial charge in [0.15, 0.2) is 5.13 Å². The highest BCUT2D eigenvalue weighted by Gasteiger charge is 2.23. The summed E-state index contributed by atoms with van der Waals surface area (Å²) in [7, 11) is 2.07. The van der Waals surface area contributed by atoms with Gasteiger partial charge in [0.2, 0.25) is 0 Å². The Labute approximate surface area is 128 Å². The minimum atomic E-state index is -0.0264. The van der Waals surface area contributed by atoms with Crippen LogP contribution in [0.3, 0.4) is 0 Å². The summed E-state index contributed by atoms with van der Waals surface area (Å²) in [4.78, 5) is 9.30. The molecular formula is C15H22N2OS2. The van der Waals surface area contributed by atoms with E-state index in [0.717, 1.165) is 28.7 Å². The van der Waals surface area contributed by atoms with E-state index in [-0.39, 0.29) is 12.0 Å². The molecule has 2 aromatic heterocycles. The van der Waals surface area contributed by atoms with E-state index in [1.54, 1.807) is 22.7 Å². The number of rotatable bonds is 5. The molecule has 3 nitrogen and oxygen atoms in total. The van der Waals surface area contributed by atoms with Gasteiger partial charge in [0.05, 0.1) is 17.2 Å². The van der Waals surface area contributed by atoms with Crippen molar-refractivity contribution < 1.29 is 5.11 Å². The summed E-state index contributed by atoms with van der Waals surface area (Å²) in [6.45, 7) is 7.43. The van der Waals surface area contributed by atoms with E-state index in [1.807, 2.05) is 0 Å². The Hall–Kier alpha value is -0.910. The van der Waals surface area contributed by atoms with Crippen LogP contribution in [0.2, 0.25) is 0 Å². The molecule has 0 aromatic carbocycles. The van der Waals surface area contributed by atoms with Gasteiger partial charge >= 0.3 is 0 Å². The van der Waals surface area contributed by atoms with E-state index in [2.05, 4.69) is 50.2 Å². The van der Waals surface area contributed by atoms with Crippen LogP contribution in [0.25, 0.3) is 0 Å². The molecule has 0 aliphatic heterocycles. The fourth-order valence-corrected chi connectivity index (χ4v) is 3.84. The van der Waals surface area contributed by atoms with Crippen molar-refractivity contribution in [2.24, 2.45) is 0 Å². The Bertz CT molecular complexity index is 541. The molecule has 2 aromatic rings. The lowest BCUT2D eigenvalue weighted by Gasteiger charge is -2.17. The van der Waals surface area contributed by atoms with Crippen LogP contribution in [0.4, 0.5) is 5.13 Å². The summed E-state index contributed by atoms with van der Waals surface area (Å²) in [6.07, 6.45) is 1.03. The third kappa shape index (κ3) is 3.59. The second-order valence-corrected chi connectivity index (χ2v) is 8.02. The first-order chi connectivity index (χ1) is 9.41. The van der Waals surface area contributed by atoms with Gasteiger partial charge < -0.3 is 10.0 Å². The second kappa shape index (κ2) is 6.24. The normalized spacial score (nSPS) is 11.8. The van der Waals surface area contributed by atoms with Crippen LogP contribution in [0.1, 0.15) is 36.2 Å². The molecule has 1 N–H and O–H groups in total. The topological polar surface area (TPSA) is 36.4 Å². The lowest BCUT2D eigenvalue weighted by molar-refractivity contribution is 0.282. The molecule has 110 valence electrons. The highest BCUT2D eigenvalue weighted by molar-refractivity contribution is 7.15. The molecule has 0 saturated heterocycles. The van der Waals surface area contributed by atoms with Gasteiger partial charge in [-0.15, -0.1) is 11.3 Å². The monoisotopic (exact) mass is 310 g/mol. The number of likely N-dealkylation sites (N-methyl/N-ethyl adjacent to an activating group) is 1. The first kappa shape index (κ1) is 15.5. The van der Waals surface area contributed by atoms with E-state index < -0.39 is 0 Å². The zero-order chi connectivity index (χ0) is 14.8. The molecule has 0 bridgehead atoms. The Balaban J connectivity index is 2.10. The number of anilines is 1. The maximum Gasteiger partial charge on any atom is 0.185 e. The van der Waals surface area contributed by atoms with E-state index in [4.69, 9.17) is 4.98 Å². The molecule has 0 amide bonds. The summed E-state index contributed by atoms with van der Waals surface area (Å²) in [6, 6.07) is 4.26. The van der Waals surface area contributed by atoms with Gasteiger partial charge in [0.1, 0.15) is 0 Å². The van der Waals surface area contributed by atoms with Crippen molar-refractivity contribution in [3.8, 4) is 0 Å². The van der Waals surface area contributed by atoms with Gasteiger partial charge in [0, 0.05) is 23.9 Å². The average Bonchev–Trinajstić information content (AvgIpc) is 3.03. The number of nitrogens with zero attached hydrogens (tertiary/aromatic N) is 2. The quantitative estimate of drug-likeness (QED) is 0.915. The molecule has 0 aliphatic rings. The number of hydrogen-bond donors (Lipinski definition) is 1.